The zero-order valence-corrected chi connectivity index (χ0v) is 7.91. The lowest BCUT2D eigenvalue weighted by molar-refractivity contribution is 0.588. The largest absolute Gasteiger partial charge is 0.320 e. The van der Waals surface area contributed by atoms with Crippen LogP contribution in [0.2, 0.25) is 0 Å². The molecule has 1 aromatic heterocycles. The van der Waals surface area contributed by atoms with Crippen molar-refractivity contribution in [2.45, 2.75) is 19.8 Å². The number of aromatic nitrogens is 3. The predicted molar refractivity (Wildman–Crippen MR) is 48.0 cm³/mol. The van der Waals surface area contributed by atoms with Gasteiger partial charge in [-0.3, -0.25) is 0 Å². The summed E-state index contributed by atoms with van der Waals surface area (Å²) in [5.74, 6) is 1.47. The van der Waals surface area contributed by atoms with Crippen LogP contribution in [0.1, 0.15) is 25.6 Å². The third kappa shape index (κ3) is 2.04. The molecule has 1 atom stereocenters. The van der Waals surface area contributed by atoms with Gasteiger partial charge in [-0.05, 0) is 6.54 Å². The summed E-state index contributed by atoms with van der Waals surface area (Å²) in [7, 11) is 1.97. The standard InChI is InChI=1S/C8H16N4/c1-4-9-5-7(2)8-11-10-6-12(8)3/h6-7,9H,4-5H2,1-3H3. The summed E-state index contributed by atoms with van der Waals surface area (Å²) < 4.78 is 1.96. The maximum Gasteiger partial charge on any atom is 0.136 e. The first-order chi connectivity index (χ1) is 5.75. The molecule has 4 heteroatoms. The van der Waals surface area contributed by atoms with E-state index in [2.05, 4.69) is 29.4 Å². The van der Waals surface area contributed by atoms with Gasteiger partial charge in [-0.2, -0.15) is 0 Å². The Kier molecular flexibility index (Phi) is 3.22. The molecular formula is C8H16N4. The quantitative estimate of drug-likeness (QED) is 0.713. The van der Waals surface area contributed by atoms with Crippen molar-refractivity contribution in [3.8, 4) is 0 Å². The molecule has 0 radical (unpaired) electrons. The molecule has 1 heterocycles. The third-order valence-electron chi connectivity index (χ3n) is 1.89. The van der Waals surface area contributed by atoms with Gasteiger partial charge in [0.15, 0.2) is 0 Å². The van der Waals surface area contributed by atoms with Crippen molar-refractivity contribution in [3.63, 3.8) is 0 Å². The van der Waals surface area contributed by atoms with Crippen LogP contribution in [0.15, 0.2) is 6.33 Å². The number of nitrogens with one attached hydrogen (secondary N) is 1. The highest BCUT2D eigenvalue weighted by molar-refractivity contribution is 4.94. The van der Waals surface area contributed by atoms with Crippen LogP contribution in [-0.4, -0.2) is 27.9 Å². The lowest BCUT2D eigenvalue weighted by Crippen LogP contribution is -2.21. The number of nitrogens with zero attached hydrogens (tertiary/aromatic N) is 3. The topological polar surface area (TPSA) is 42.7 Å². The Bertz CT molecular complexity index is 231. The summed E-state index contributed by atoms with van der Waals surface area (Å²) in [6.45, 7) is 6.21. The predicted octanol–water partition coefficient (Wildman–Crippen LogP) is 0.528. The molecule has 0 aliphatic heterocycles. The van der Waals surface area contributed by atoms with Gasteiger partial charge in [0.2, 0.25) is 0 Å². The monoisotopic (exact) mass is 168 g/mol. The van der Waals surface area contributed by atoms with E-state index in [1.165, 1.54) is 0 Å². The molecule has 1 rings (SSSR count). The van der Waals surface area contributed by atoms with Gasteiger partial charge < -0.3 is 9.88 Å². The molecule has 0 amide bonds. The van der Waals surface area contributed by atoms with Crippen molar-refractivity contribution >= 4 is 0 Å². The van der Waals surface area contributed by atoms with Gasteiger partial charge in [-0.1, -0.05) is 13.8 Å². The number of rotatable bonds is 4. The van der Waals surface area contributed by atoms with E-state index in [1.807, 2.05) is 11.6 Å². The first-order valence-corrected chi connectivity index (χ1v) is 4.30. The van der Waals surface area contributed by atoms with Crippen LogP contribution in [-0.2, 0) is 7.05 Å². The van der Waals surface area contributed by atoms with Crippen molar-refractivity contribution in [1.82, 2.24) is 20.1 Å². The molecule has 1 N–H and O–H groups in total. The van der Waals surface area contributed by atoms with E-state index in [4.69, 9.17) is 0 Å². The average molecular weight is 168 g/mol. The molecule has 0 spiro atoms. The Labute approximate surface area is 73.0 Å². The lowest BCUT2D eigenvalue weighted by atomic mass is 10.1. The minimum atomic E-state index is 0.428. The van der Waals surface area contributed by atoms with Gasteiger partial charge in [0, 0.05) is 19.5 Å². The Morgan fingerprint density at radius 3 is 2.92 bits per heavy atom. The van der Waals surface area contributed by atoms with Crippen molar-refractivity contribution < 1.29 is 0 Å². The molecule has 0 aliphatic rings. The van der Waals surface area contributed by atoms with Gasteiger partial charge in [0.25, 0.3) is 0 Å². The van der Waals surface area contributed by atoms with Crippen molar-refractivity contribution in [2.75, 3.05) is 13.1 Å². The van der Waals surface area contributed by atoms with E-state index in [0.717, 1.165) is 18.9 Å². The zero-order valence-electron chi connectivity index (χ0n) is 7.91. The molecule has 4 nitrogen and oxygen atoms in total. The maximum atomic E-state index is 4.04. The fourth-order valence-corrected chi connectivity index (χ4v) is 1.19. The van der Waals surface area contributed by atoms with Crippen molar-refractivity contribution in [3.05, 3.63) is 12.2 Å². The summed E-state index contributed by atoms with van der Waals surface area (Å²) in [6.07, 6.45) is 1.73. The SMILES string of the molecule is CCNCC(C)c1nncn1C. The Balaban J connectivity index is 2.52. The van der Waals surface area contributed by atoms with Crippen LogP contribution in [0.4, 0.5) is 0 Å². The van der Waals surface area contributed by atoms with Gasteiger partial charge in [0.1, 0.15) is 12.2 Å². The maximum absolute atomic E-state index is 4.04. The van der Waals surface area contributed by atoms with E-state index in [1.54, 1.807) is 6.33 Å². The molecule has 1 aromatic rings. The van der Waals surface area contributed by atoms with Crippen LogP contribution in [0, 0.1) is 0 Å². The smallest absolute Gasteiger partial charge is 0.136 e. The number of hydrogen-bond donors (Lipinski definition) is 1. The summed E-state index contributed by atoms with van der Waals surface area (Å²) in [5, 5.41) is 11.2. The Morgan fingerprint density at radius 1 is 1.67 bits per heavy atom. The highest BCUT2D eigenvalue weighted by atomic mass is 15.2. The van der Waals surface area contributed by atoms with Crippen LogP contribution >= 0.6 is 0 Å². The molecule has 0 aliphatic carbocycles. The van der Waals surface area contributed by atoms with E-state index < -0.39 is 0 Å². The normalized spacial score (nSPS) is 13.2. The Hall–Kier alpha value is -0.900. The van der Waals surface area contributed by atoms with Gasteiger partial charge >= 0.3 is 0 Å². The van der Waals surface area contributed by atoms with E-state index in [9.17, 15) is 0 Å². The molecule has 0 bridgehead atoms. The molecular weight excluding hydrogens is 152 g/mol. The van der Waals surface area contributed by atoms with Gasteiger partial charge in [0.05, 0.1) is 0 Å². The van der Waals surface area contributed by atoms with E-state index in [-0.39, 0.29) is 0 Å². The fraction of sp³-hybridized carbons (Fsp3) is 0.750. The summed E-state index contributed by atoms with van der Waals surface area (Å²) in [5.41, 5.74) is 0. The summed E-state index contributed by atoms with van der Waals surface area (Å²) >= 11 is 0. The van der Waals surface area contributed by atoms with Crippen LogP contribution in [0.3, 0.4) is 0 Å². The van der Waals surface area contributed by atoms with Gasteiger partial charge in [-0.15, -0.1) is 10.2 Å². The first kappa shape index (κ1) is 9.19. The van der Waals surface area contributed by atoms with Crippen LogP contribution < -0.4 is 5.32 Å². The summed E-state index contributed by atoms with van der Waals surface area (Å²) in [4.78, 5) is 0. The molecule has 1 unspecified atom stereocenters. The zero-order chi connectivity index (χ0) is 8.97. The number of likely N-dealkylation sites (N-methyl/N-ethyl adjacent to an activating group) is 1. The van der Waals surface area contributed by atoms with E-state index >= 15 is 0 Å². The van der Waals surface area contributed by atoms with Crippen LogP contribution in [0.25, 0.3) is 0 Å². The van der Waals surface area contributed by atoms with Crippen molar-refractivity contribution in [1.29, 1.82) is 0 Å². The van der Waals surface area contributed by atoms with Gasteiger partial charge in [-0.25, -0.2) is 0 Å². The third-order valence-corrected chi connectivity index (χ3v) is 1.89. The highest BCUT2D eigenvalue weighted by Crippen LogP contribution is 2.08. The fourth-order valence-electron chi connectivity index (χ4n) is 1.19. The second-order valence-corrected chi connectivity index (χ2v) is 3.01. The van der Waals surface area contributed by atoms with Crippen molar-refractivity contribution in [2.24, 2.45) is 7.05 Å². The second-order valence-electron chi connectivity index (χ2n) is 3.01. The molecule has 68 valence electrons. The molecule has 0 fully saturated rings. The Morgan fingerprint density at radius 2 is 2.42 bits per heavy atom. The molecule has 0 saturated carbocycles. The summed E-state index contributed by atoms with van der Waals surface area (Å²) in [6, 6.07) is 0. The lowest BCUT2D eigenvalue weighted by Gasteiger charge is -2.09. The number of hydrogen-bond acceptors (Lipinski definition) is 3. The van der Waals surface area contributed by atoms with Crippen LogP contribution in [0.5, 0.6) is 0 Å². The highest BCUT2D eigenvalue weighted by Gasteiger charge is 2.09. The van der Waals surface area contributed by atoms with E-state index in [0.29, 0.717) is 5.92 Å². The molecule has 0 aromatic carbocycles. The second kappa shape index (κ2) is 4.21. The minimum absolute atomic E-state index is 0.428. The molecule has 0 saturated heterocycles. The average Bonchev–Trinajstić information content (AvgIpc) is 2.47. The number of aryl methyl sites for hydroxylation is 1. The minimum Gasteiger partial charge on any atom is -0.320 e. The molecule has 12 heavy (non-hydrogen) atoms. The first-order valence-electron chi connectivity index (χ1n) is 4.30.